The second kappa shape index (κ2) is 4.24. The number of hydrogen-bond donors (Lipinski definition) is 1. The van der Waals surface area contributed by atoms with Gasteiger partial charge in [0.2, 0.25) is 0 Å². The molecule has 1 aromatic rings. The summed E-state index contributed by atoms with van der Waals surface area (Å²) in [5, 5.41) is 10.1. The molecule has 0 atom stereocenters. The fraction of sp³-hybridized carbons (Fsp3) is 0.692. The van der Waals surface area contributed by atoms with Gasteiger partial charge in [-0.05, 0) is 27.7 Å². The summed E-state index contributed by atoms with van der Waals surface area (Å²) in [6.07, 6.45) is 3.28. The Morgan fingerprint density at radius 3 is 1.95 bits per heavy atom. The molecule has 0 aliphatic carbocycles. The van der Waals surface area contributed by atoms with Crippen LogP contribution in [0.2, 0.25) is 0 Å². The molecule has 108 valence electrons. The van der Waals surface area contributed by atoms with Crippen LogP contribution in [0, 0.1) is 0 Å². The highest BCUT2D eigenvalue weighted by Crippen LogP contribution is 2.36. The second-order valence-electron chi connectivity index (χ2n) is 6.45. The number of ether oxygens (including phenoxy) is 1. The van der Waals surface area contributed by atoms with E-state index in [0.29, 0.717) is 5.82 Å². The van der Waals surface area contributed by atoms with E-state index in [1.165, 1.54) is 0 Å². The Balaban J connectivity index is 1.79. The largest absolute Gasteiger partial charge is 0.498 e. The SMILES string of the molecule is CC1(C)OB(c2cnc(C3(O)COC3)nc2)OC1(C)C. The molecule has 0 spiro atoms. The molecule has 0 aromatic carbocycles. The predicted octanol–water partition coefficient (Wildman–Crippen LogP) is -0.00640. The number of aliphatic hydroxyl groups is 1. The van der Waals surface area contributed by atoms with Crippen LogP contribution in [0.4, 0.5) is 0 Å². The molecule has 1 N–H and O–H groups in total. The number of hydrogen-bond acceptors (Lipinski definition) is 6. The van der Waals surface area contributed by atoms with Crippen molar-refractivity contribution in [2.75, 3.05) is 13.2 Å². The van der Waals surface area contributed by atoms with Gasteiger partial charge in [-0.2, -0.15) is 0 Å². The lowest BCUT2D eigenvalue weighted by molar-refractivity contribution is -0.189. The van der Waals surface area contributed by atoms with E-state index in [0.717, 1.165) is 5.46 Å². The summed E-state index contributed by atoms with van der Waals surface area (Å²) < 4.78 is 16.9. The first kappa shape index (κ1) is 13.9. The Hall–Kier alpha value is -1.02. The first-order valence-electron chi connectivity index (χ1n) is 6.72. The highest BCUT2D eigenvalue weighted by atomic mass is 16.7. The van der Waals surface area contributed by atoms with Gasteiger partial charge in [0.25, 0.3) is 0 Å². The van der Waals surface area contributed by atoms with Crippen LogP contribution in [0.3, 0.4) is 0 Å². The fourth-order valence-corrected chi connectivity index (χ4v) is 2.10. The lowest BCUT2D eigenvalue weighted by Crippen LogP contribution is -2.48. The van der Waals surface area contributed by atoms with Crippen LogP contribution < -0.4 is 5.46 Å². The van der Waals surface area contributed by atoms with E-state index in [1.807, 2.05) is 27.7 Å². The van der Waals surface area contributed by atoms with E-state index in [4.69, 9.17) is 14.0 Å². The number of aromatic nitrogens is 2. The minimum atomic E-state index is -1.05. The molecule has 0 unspecified atom stereocenters. The van der Waals surface area contributed by atoms with Crippen molar-refractivity contribution in [1.82, 2.24) is 9.97 Å². The zero-order chi connectivity index (χ0) is 14.6. The third-order valence-corrected chi connectivity index (χ3v) is 4.30. The van der Waals surface area contributed by atoms with Gasteiger partial charge >= 0.3 is 7.12 Å². The fourth-order valence-electron chi connectivity index (χ4n) is 2.10. The predicted molar refractivity (Wildman–Crippen MR) is 72.5 cm³/mol. The van der Waals surface area contributed by atoms with E-state index in [2.05, 4.69) is 9.97 Å². The third kappa shape index (κ3) is 2.05. The summed E-state index contributed by atoms with van der Waals surface area (Å²) >= 11 is 0. The van der Waals surface area contributed by atoms with Gasteiger partial charge in [0.05, 0.1) is 24.4 Å². The molecule has 3 rings (SSSR count). The summed E-state index contributed by atoms with van der Waals surface area (Å²) in [5.41, 5.74) is -1.09. The average molecular weight is 278 g/mol. The van der Waals surface area contributed by atoms with Crippen molar-refractivity contribution in [3.8, 4) is 0 Å². The Labute approximate surface area is 118 Å². The first-order chi connectivity index (χ1) is 9.24. The smallest absolute Gasteiger partial charge is 0.399 e. The first-order valence-corrected chi connectivity index (χ1v) is 6.72. The molecule has 2 saturated heterocycles. The van der Waals surface area contributed by atoms with E-state index < -0.39 is 23.9 Å². The van der Waals surface area contributed by atoms with Crippen LogP contribution >= 0.6 is 0 Å². The molecule has 0 saturated carbocycles. The standard InChI is InChI=1S/C13H19BN2O4/c1-11(2)12(3,4)20-14(19-11)9-5-15-10(16-6-9)13(17)7-18-8-13/h5-6,17H,7-8H2,1-4H3. The van der Waals surface area contributed by atoms with Crippen molar-refractivity contribution >= 4 is 12.6 Å². The molecule has 2 aliphatic rings. The molecule has 3 heterocycles. The van der Waals surface area contributed by atoms with Gasteiger partial charge in [-0.25, -0.2) is 9.97 Å². The Kier molecular flexibility index (Phi) is 2.96. The van der Waals surface area contributed by atoms with Crippen molar-refractivity contribution in [2.24, 2.45) is 0 Å². The molecular formula is C13H19BN2O4. The molecular weight excluding hydrogens is 259 g/mol. The van der Waals surface area contributed by atoms with Gasteiger partial charge in [-0.1, -0.05) is 0 Å². The summed E-state index contributed by atoms with van der Waals surface area (Å²) in [4.78, 5) is 8.42. The van der Waals surface area contributed by atoms with E-state index in [-0.39, 0.29) is 13.2 Å². The molecule has 2 fully saturated rings. The Morgan fingerprint density at radius 1 is 1.05 bits per heavy atom. The normalized spacial score (nSPS) is 26.4. The zero-order valence-electron chi connectivity index (χ0n) is 12.2. The van der Waals surface area contributed by atoms with Crippen LogP contribution in [-0.2, 0) is 19.6 Å². The van der Waals surface area contributed by atoms with Gasteiger partial charge < -0.3 is 19.2 Å². The lowest BCUT2D eigenvalue weighted by atomic mass is 9.81. The quantitative estimate of drug-likeness (QED) is 0.767. The van der Waals surface area contributed by atoms with Gasteiger partial charge in [0, 0.05) is 17.9 Å². The summed E-state index contributed by atoms with van der Waals surface area (Å²) in [6, 6.07) is 0. The van der Waals surface area contributed by atoms with Crippen LogP contribution in [0.5, 0.6) is 0 Å². The van der Waals surface area contributed by atoms with E-state index in [9.17, 15) is 5.11 Å². The second-order valence-corrected chi connectivity index (χ2v) is 6.45. The molecule has 20 heavy (non-hydrogen) atoms. The van der Waals surface area contributed by atoms with Crippen molar-refractivity contribution < 1.29 is 19.2 Å². The van der Waals surface area contributed by atoms with Crippen molar-refractivity contribution in [1.29, 1.82) is 0 Å². The topological polar surface area (TPSA) is 73.7 Å². The molecule has 7 heteroatoms. The van der Waals surface area contributed by atoms with Gasteiger partial charge in [0.15, 0.2) is 11.4 Å². The minimum absolute atomic E-state index is 0.239. The maximum absolute atomic E-state index is 10.1. The monoisotopic (exact) mass is 278 g/mol. The van der Waals surface area contributed by atoms with Gasteiger partial charge in [-0.3, -0.25) is 0 Å². The van der Waals surface area contributed by atoms with Crippen LogP contribution in [0.25, 0.3) is 0 Å². The molecule has 1 aromatic heterocycles. The minimum Gasteiger partial charge on any atom is -0.399 e. The molecule has 0 bridgehead atoms. The number of rotatable bonds is 2. The summed E-state index contributed by atoms with van der Waals surface area (Å²) in [5.74, 6) is 0.379. The Bertz CT molecular complexity index is 498. The lowest BCUT2D eigenvalue weighted by Gasteiger charge is -2.34. The van der Waals surface area contributed by atoms with Crippen molar-refractivity contribution in [3.05, 3.63) is 18.2 Å². The van der Waals surface area contributed by atoms with E-state index >= 15 is 0 Å². The van der Waals surface area contributed by atoms with E-state index in [1.54, 1.807) is 12.4 Å². The highest BCUT2D eigenvalue weighted by Gasteiger charge is 2.52. The van der Waals surface area contributed by atoms with Crippen molar-refractivity contribution in [3.63, 3.8) is 0 Å². The van der Waals surface area contributed by atoms with Crippen LogP contribution in [0.1, 0.15) is 33.5 Å². The average Bonchev–Trinajstić information content (AvgIpc) is 2.56. The maximum atomic E-state index is 10.1. The summed E-state index contributed by atoms with van der Waals surface area (Å²) in [6.45, 7) is 8.46. The number of nitrogens with zero attached hydrogens (tertiary/aromatic N) is 2. The maximum Gasteiger partial charge on any atom is 0.498 e. The molecule has 0 radical (unpaired) electrons. The molecule has 2 aliphatic heterocycles. The highest BCUT2D eigenvalue weighted by molar-refractivity contribution is 6.61. The van der Waals surface area contributed by atoms with Crippen LogP contribution in [0.15, 0.2) is 12.4 Å². The molecule has 6 nitrogen and oxygen atoms in total. The van der Waals surface area contributed by atoms with Crippen LogP contribution in [-0.4, -0.2) is 46.6 Å². The molecule has 0 amide bonds. The zero-order valence-corrected chi connectivity index (χ0v) is 12.2. The van der Waals surface area contributed by atoms with Crippen molar-refractivity contribution in [2.45, 2.75) is 44.5 Å². The Morgan fingerprint density at radius 2 is 1.55 bits per heavy atom. The summed E-state index contributed by atoms with van der Waals surface area (Å²) in [7, 11) is -0.485. The van der Waals surface area contributed by atoms with Gasteiger partial charge in [-0.15, -0.1) is 0 Å². The third-order valence-electron chi connectivity index (χ3n) is 4.30. The van der Waals surface area contributed by atoms with Gasteiger partial charge in [0.1, 0.15) is 0 Å².